The molecule has 0 saturated carbocycles. The second kappa shape index (κ2) is 6.33. The zero-order valence-corrected chi connectivity index (χ0v) is 11.1. The first-order valence-corrected chi connectivity index (χ1v) is 6.16. The summed E-state index contributed by atoms with van der Waals surface area (Å²) < 4.78 is 39.8. The van der Waals surface area contributed by atoms with E-state index in [4.69, 9.17) is 0 Å². The molecule has 1 N–H and O–H groups in total. The minimum atomic E-state index is -4.71. The molecule has 0 bridgehead atoms. The molecule has 0 aromatic heterocycles. The summed E-state index contributed by atoms with van der Waals surface area (Å²) in [6.45, 7) is 0.365. The number of alkyl halides is 3. The largest absolute Gasteiger partial charge is 0.573 e. The molecule has 116 valence electrons. The first-order valence-electron chi connectivity index (χ1n) is 6.16. The molecule has 0 fully saturated rings. The number of nitrogens with zero attached hydrogens (tertiary/aromatic N) is 1. The van der Waals surface area contributed by atoms with E-state index in [1.54, 1.807) is 12.1 Å². The van der Waals surface area contributed by atoms with Crippen molar-refractivity contribution in [2.75, 3.05) is 5.32 Å². The van der Waals surface area contributed by atoms with Crippen LogP contribution >= 0.6 is 0 Å². The third-order valence-corrected chi connectivity index (χ3v) is 2.73. The maximum Gasteiger partial charge on any atom is 0.573 e. The summed E-state index contributed by atoms with van der Waals surface area (Å²) in [5.41, 5.74) is 1.40. The van der Waals surface area contributed by atoms with Gasteiger partial charge in [-0.25, -0.2) is 0 Å². The average molecular weight is 312 g/mol. The van der Waals surface area contributed by atoms with Gasteiger partial charge < -0.3 is 10.1 Å². The number of rotatable bonds is 5. The van der Waals surface area contributed by atoms with Crippen LogP contribution in [-0.2, 0) is 6.54 Å². The van der Waals surface area contributed by atoms with Gasteiger partial charge in [0.25, 0.3) is 5.69 Å². The third-order valence-electron chi connectivity index (χ3n) is 2.73. The smallest absolute Gasteiger partial charge is 0.406 e. The molecule has 5 nitrogen and oxygen atoms in total. The molecule has 0 radical (unpaired) electrons. The Morgan fingerprint density at radius 2 is 1.64 bits per heavy atom. The molecule has 2 aromatic carbocycles. The van der Waals surface area contributed by atoms with Crippen LogP contribution in [0.1, 0.15) is 5.56 Å². The van der Waals surface area contributed by atoms with Gasteiger partial charge in [-0.3, -0.25) is 10.1 Å². The van der Waals surface area contributed by atoms with Crippen LogP contribution in [0.2, 0.25) is 0 Å². The van der Waals surface area contributed by atoms with Crippen LogP contribution in [0.5, 0.6) is 5.75 Å². The van der Waals surface area contributed by atoms with Gasteiger partial charge in [0.15, 0.2) is 0 Å². The van der Waals surface area contributed by atoms with Gasteiger partial charge in [-0.15, -0.1) is 13.2 Å². The number of nitro groups is 1. The van der Waals surface area contributed by atoms with Gasteiger partial charge >= 0.3 is 6.36 Å². The molecule has 0 heterocycles. The third kappa shape index (κ3) is 4.65. The van der Waals surface area contributed by atoms with E-state index in [1.807, 2.05) is 0 Å². The highest BCUT2D eigenvalue weighted by molar-refractivity contribution is 5.48. The van der Waals surface area contributed by atoms with E-state index < -0.39 is 11.3 Å². The van der Waals surface area contributed by atoms with E-state index in [1.165, 1.54) is 36.4 Å². The van der Waals surface area contributed by atoms with Crippen molar-refractivity contribution in [1.82, 2.24) is 0 Å². The lowest BCUT2D eigenvalue weighted by molar-refractivity contribution is -0.384. The van der Waals surface area contributed by atoms with E-state index in [2.05, 4.69) is 10.1 Å². The fourth-order valence-electron chi connectivity index (χ4n) is 1.71. The van der Waals surface area contributed by atoms with Crippen molar-refractivity contribution in [3.05, 3.63) is 64.2 Å². The molecular weight excluding hydrogens is 301 g/mol. The Balaban J connectivity index is 1.92. The molecule has 0 unspecified atom stereocenters. The Labute approximate surface area is 123 Å². The maximum absolute atomic E-state index is 12.0. The minimum Gasteiger partial charge on any atom is -0.406 e. The molecule has 2 rings (SSSR count). The monoisotopic (exact) mass is 312 g/mol. The second-order valence-corrected chi connectivity index (χ2v) is 4.35. The second-order valence-electron chi connectivity index (χ2n) is 4.35. The highest BCUT2D eigenvalue weighted by Gasteiger charge is 2.30. The van der Waals surface area contributed by atoms with Crippen molar-refractivity contribution in [3.63, 3.8) is 0 Å². The summed E-state index contributed by atoms with van der Waals surface area (Å²) in [5.74, 6) is -0.286. The topological polar surface area (TPSA) is 64.4 Å². The van der Waals surface area contributed by atoms with E-state index >= 15 is 0 Å². The van der Waals surface area contributed by atoms with E-state index in [0.717, 1.165) is 5.56 Å². The van der Waals surface area contributed by atoms with Gasteiger partial charge in [-0.2, -0.15) is 0 Å². The molecular formula is C14H11F3N2O3. The first-order chi connectivity index (χ1) is 10.3. The molecule has 0 atom stereocenters. The van der Waals surface area contributed by atoms with Gasteiger partial charge in [0, 0.05) is 24.4 Å². The fourth-order valence-corrected chi connectivity index (χ4v) is 1.71. The number of benzene rings is 2. The predicted molar refractivity (Wildman–Crippen MR) is 73.5 cm³/mol. The first kappa shape index (κ1) is 15.6. The van der Waals surface area contributed by atoms with Crippen molar-refractivity contribution in [3.8, 4) is 5.75 Å². The number of halogens is 3. The number of nitrogens with one attached hydrogen (secondary N) is 1. The minimum absolute atomic E-state index is 0.0146. The summed E-state index contributed by atoms with van der Waals surface area (Å²) in [6.07, 6.45) is -4.71. The number of nitro benzene ring substituents is 1. The Morgan fingerprint density at radius 1 is 1.05 bits per heavy atom. The highest BCUT2D eigenvalue weighted by Crippen LogP contribution is 2.23. The summed E-state index contributed by atoms with van der Waals surface area (Å²) in [6, 6.07) is 11.3. The highest BCUT2D eigenvalue weighted by atomic mass is 19.4. The number of hydrogen-bond donors (Lipinski definition) is 1. The fraction of sp³-hybridized carbons (Fsp3) is 0.143. The Hall–Kier alpha value is -2.77. The predicted octanol–water partition coefficient (Wildman–Crippen LogP) is 4.11. The Morgan fingerprint density at radius 3 is 2.14 bits per heavy atom. The average Bonchev–Trinajstić information content (AvgIpc) is 2.45. The number of anilines is 1. The lowest BCUT2D eigenvalue weighted by Gasteiger charge is -2.10. The number of hydrogen-bond acceptors (Lipinski definition) is 4. The molecule has 0 aliphatic heterocycles. The van der Waals surface area contributed by atoms with Crippen molar-refractivity contribution in [1.29, 1.82) is 0 Å². The van der Waals surface area contributed by atoms with Gasteiger partial charge in [0.1, 0.15) is 5.75 Å². The summed E-state index contributed by atoms with van der Waals surface area (Å²) >= 11 is 0. The zero-order chi connectivity index (χ0) is 16.2. The molecule has 8 heteroatoms. The van der Waals surface area contributed by atoms with Crippen molar-refractivity contribution < 1.29 is 22.8 Å². The molecule has 0 saturated heterocycles. The SMILES string of the molecule is O=[N+]([O-])c1ccc(NCc2ccc(OC(F)(F)F)cc2)cc1. The van der Waals surface area contributed by atoms with Crippen molar-refractivity contribution >= 4 is 11.4 Å². The zero-order valence-electron chi connectivity index (χ0n) is 11.1. The van der Waals surface area contributed by atoms with E-state index in [0.29, 0.717) is 12.2 Å². The van der Waals surface area contributed by atoms with Crippen LogP contribution in [0.4, 0.5) is 24.5 Å². The van der Waals surface area contributed by atoms with Crippen LogP contribution in [0.3, 0.4) is 0 Å². The van der Waals surface area contributed by atoms with Crippen LogP contribution < -0.4 is 10.1 Å². The quantitative estimate of drug-likeness (QED) is 0.666. The Bertz CT molecular complexity index is 640. The molecule has 0 aliphatic carbocycles. The van der Waals surface area contributed by atoms with Gasteiger partial charge in [0.2, 0.25) is 0 Å². The lowest BCUT2D eigenvalue weighted by atomic mass is 10.2. The van der Waals surface area contributed by atoms with Gasteiger partial charge in [-0.05, 0) is 29.8 Å². The molecule has 0 amide bonds. The standard InChI is InChI=1S/C14H11F3N2O3/c15-14(16,17)22-13-7-1-10(2-8-13)9-18-11-3-5-12(6-4-11)19(20)21/h1-8,18H,9H2. The lowest BCUT2D eigenvalue weighted by Crippen LogP contribution is -2.17. The summed E-state index contributed by atoms with van der Waals surface area (Å²) in [5, 5.41) is 13.5. The Kier molecular flexibility index (Phi) is 4.50. The molecule has 2 aromatic rings. The van der Waals surface area contributed by atoms with Crippen LogP contribution in [-0.4, -0.2) is 11.3 Å². The molecule has 22 heavy (non-hydrogen) atoms. The summed E-state index contributed by atoms with van der Waals surface area (Å²) in [4.78, 5) is 10.0. The van der Waals surface area contributed by atoms with Crippen LogP contribution in [0.15, 0.2) is 48.5 Å². The summed E-state index contributed by atoms with van der Waals surface area (Å²) in [7, 11) is 0. The normalized spacial score (nSPS) is 11.0. The maximum atomic E-state index is 12.0. The number of ether oxygens (including phenoxy) is 1. The van der Waals surface area contributed by atoms with E-state index in [-0.39, 0.29) is 11.4 Å². The van der Waals surface area contributed by atoms with Crippen molar-refractivity contribution in [2.45, 2.75) is 12.9 Å². The van der Waals surface area contributed by atoms with Crippen LogP contribution in [0.25, 0.3) is 0 Å². The van der Waals surface area contributed by atoms with Crippen LogP contribution in [0, 0.1) is 10.1 Å². The van der Waals surface area contributed by atoms with Gasteiger partial charge in [-0.1, -0.05) is 12.1 Å². The number of non-ortho nitro benzene ring substituents is 1. The van der Waals surface area contributed by atoms with Gasteiger partial charge in [0.05, 0.1) is 4.92 Å². The molecule has 0 spiro atoms. The van der Waals surface area contributed by atoms with E-state index in [9.17, 15) is 23.3 Å². The molecule has 0 aliphatic rings. The van der Waals surface area contributed by atoms with Crippen molar-refractivity contribution in [2.24, 2.45) is 0 Å².